The summed E-state index contributed by atoms with van der Waals surface area (Å²) in [4.78, 5) is 23.9. The van der Waals surface area contributed by atoms with Crippen molar-refractivity contribution in [3.63, 3.8) is 0 Å². The summed E-state index contributed by atoms with van der Waals surface area (Å²) in [5.41, 5.74) is 0.378. The van der Waals surface area contributed by atoms with E-state index >= 15 is 0 Å². The number of carbonyl (C=O) groups is 2. The minimum absolute atomic E-state index is 0.0136. The first kappa shape index (κ1) is 16.1. The van der Waals surface area contributed by atoms with E-state index in [1.165, 1.54) is 18.2 Å². The number of halogens is 2. The maximum absolute atomic E-state index is 13.1. The lowest BCUT2D eigenvalue weighted by Crippen LogP contribution is -2.15. The number of anilines is 1. The van der Waals surface area contributed by atoms with Crippen LogP contribution in [0.5, 0.6) is 0 Å². The molecule has 0 atom stereocenters. The minimum Gasteiger partial charge on any atom is -0.478 e. The van der Waals surface area contributed by atoms with Crippen molar-refractivity contribution in [2.75, 3.05) is 5.32 Å². The summed E-state index contributed by atoms with van der Waals surface area (Å²) in [7, 11) is 0. The van der Waals surface area contributed by atoms with Crippen molar-refractivity contribution in [1.82, 2.24) is 0 Å². The third-order valence-corrected chi connectivity index (χ3v) is 4.20. The van der Waals surface area contributed by atoms with Gasteiger partial charge in [0.2, 0.25) is 0 Å². The molecule has 0 aliphatic heterocycles. The van der Waals surface area contributed by atoms with Crippen molar-refractivity contribution in [3.05, 3.63) is 76.0 Å². The van der Waals surface area contributed by atoms with Gasteiger partial charge in [0.25, 0.3) is 5.91 Å². The maximum atomic E-state index is 13.1. The molecule has 3 aromatic carbocycles. The summed E-state index contributed by atoms with van der Waals surface area (Å²) in [5, 5.41) is 13.5. The predicted molar refractivity (Wildman–Crippen MR) is 93.0 cm³/mol. The lowest BCUT2D eigenvalue weighted by molar-refractivity contribution is 0.0698. The molecule has 1 amide bonds. The molecule has 0 bridgehead atoms. The van der Waals surface area contributed by atoms with Crippen LogP contribution in [0.15, 0.2) is 59.1 Å². The molecule has 24 heavy (non-hydrogen) atoms. The molecule has 0 radical (unpaired) electrons. The van der Waals surface area contributed by atoms with Gasteiger partial charge in [0, 0.05) is 4.47 Å². The molecule has 0 fully saturated rings. The number of carboxylic acids is 1. The summed E-state index contributed by atoms with van der Waals surface area (Å²) in [6.45, 7) is 0. The van der Waals surface area contributed by atoms with Crippen LogP contribution in [0.4, 0.5) is 10.1 Å². The van der Waals surface area contributed by atoms with Crippen LogP contribution in [-0.2, 0) is 0 Å². The van der Waals surface area contributed by atoms with Gasteiger partial charge < -0.3 is 10.4 Å². The van der Waals surface area contributed by atoms with Crippen molar-refractivity contribution < 1.29 is 19.1 Å². The van der Waals surface area contributed by atoms with Crippen LogP contribution in [0.3, 0.4) is 0 Å². The number of hydrogen-bond acceptors (Lipinski definition) is 2. The zero-order valence-corrected chi connectivity index (χ0v) is 13.8. The molecule has 0 aromatic heterocycles. The second kappa shape index (κ2) is 6.41. The smallest absolute Gasteiger partial charge is 0.337 e. The SMILES string of the molecule is O=C(Nc1cc2ccccc2cc1C(=O)O)c1ccc(F)cc1Br. The van der Waals surface area contributed by atoms with E-state index in [0.717, 1.165) is 16.8 Å². The summed E-state index contributed by atoms with van der Waals surface area (Å²) < 4.78 is 13.4. The minimum atomic E-state index is -1.14. The van der Waals surface area contributed by atoms with E-state index in [9.17, 15) is 19.1 Å². The zero-order chi connectivity index (χ0) is 17.3. The molecular weight excluding hydrogens is 377 g/mol. The van der Waals surface area contributed by atoms with Gasteiger partial charge in [-0.05, 0) is 57.0 Å². The Morgan fingerprint density at radius 3 is 2.25 bits per heavy atom. The van der Waals surface area contributed by atoms with Gasteiger partial charge in [-0.15, -0.1) is 0 Å². The van der Waals surface area contributed by atoms with Crippen LogP contribution in [0.1, 0.15) is 20.7 Å². The lowest BCUT2D eigenvalue weighted by Gasteiger charge is -2.11. The van der Waals surface area contributed by atoms with E-state index in [4.69, 9.17) is 0 Å². The van der Waals surface area contributed by atoms with Gasteiger partial charge in [-0.3, -0.25) is 4.79 Å². The number of benzene rings is 3. The first-order chi connectivity index (χ1) is 11.5. The Labute approximate surface area is 145 Å². The number of nitrogens with one attached hydrogen (secondary N) is 1. The fourth-order valence-electron chi connectivity index (χ4n) is 2.38. The molecule has 3 rings (SSSR count). The Morgan fingerprint density at radius 1 is 0.958 bits per heavy atom. The molecule has 0 saturated heterocycles. The van der Waals surface area contributed by atoms with Crippen molar-refractivity contribution in [2.45, 2.75) is 0 Å². The van der Waals surface area contributed by atoms with Crippen LogP contribution < -0.4 is 5.32 Å². The van der Waals surface area contributed by atoms with Crippen LogP contribution in [0.2, 0.25) is 0 Å². The van der Waals surface area contributed by atoms with Crippen molar-refractivity contribution in [2.24, 2.45) is 0 Å². The van der Waals surface area contributed by atoms with Crippen molar-refractivity contribution in [3.8, 4) is 0 Å². The normalized spacial score (nSPS) is 10.6. The molecule has 0 aliphatic rings. The third-order valence-electron chi connectivity index (χ3n) is 3.54. The van der Waals surface area contributed by atoms with E-state index < -0.39 is 17.7 Å². The topological polar surface area (TPSA) is 66.4 Å². The number of fused-ring (bicyclic) bond motifs is 1. The summed E-state index contributed by atoms with van der Waals surface area (Å²) >= 11 is 3.13. The van der Waals surface area contributed by atoms with Crippen LogP contribution in [-0.4, -0.2) is 17.0 Å². The highest BCUT2D eigenvalue weighted by Gasteiger charge is 2.16. The second-order valence-corrected chi connectivity index (χ2v) is 5.98. The molecule has 0 aliphatic carbocycles. The number of amides is 1. The monoisotopic (exact) mass is 387 g/mol. The van der Waals surface area contributed by atoms with E-state index in [1.807, 2.05) is 18.2 Å². The Morgan fingerprint density at radius 2 is 1.62 bits per heavy atom. The number of hydrogen-bond donors (Lipinski definition) is 2. The van der Waals surface area contributed by atoms with Gasteiger partial charge in [-0.2, -0.15) is 0 Å². The van der Waals surface area contributed by atoms with Gasteiger partial charge in [0.1, 0.15) is 5.82 Å². The van der Waals surface area contributed by atoms with E-state index in [-0.39, 0.29) is 21.3 Å². The lowest BCUT2D eigenvalue weighted by atomic mass is 10.0. The molecule has 0 spiro atoms. The average molecular weight is 388 g/mol. The highest BCUT2D eigenvalue weighted by molar-refractivity contribution is 9.10. The third kappa shape index (κ3) is 3.14. The van der Waals surface area contributed by atoms with Gasteiger partial charge >= 0.3 is 5.97 Å². The molecule has 0 heterocycles. The number of aromatic carboxylic acids is 1. The number of rotatable bonds is 3. The molecular formula is C18H11BrFNO3. The zero-order valence-electron chi connectivity index (χ0n) is 12.2. The number of carbonyl (C=O) groups excluding carboxylic acids is 1. The predicted octanol–water partition coefficient (Wildman–Crippen LogP) is 4.69. The van der Waals surface area contributed by atoms with Gasteiger partial charge in [-0.1, -0.05) is 24.3 Å². The van der Waals surface area contributed by atoms with E-state index in [2.05, 4.69) is 21.2 Å². The fourth-order valence-corrected chi connectivity index (χ4v) is 2.91. The molecule has 0 unspecified atom stereocenters. The molecule has 2 N–H and O–H groups in total. The van der Waals surface area contributed by atoms with Gasteiger partial charge in [0.15, 0.2) is 0 Å². The summed E-state index contributed by atoms with van der Waals surface area (Å²) in [6, 6.07) is 14.0. The maximum Gasteiger partial charge on any atom is 0.337 e. The van der Waals surface area contributed by atoms with Gasteiger partial charge in [0.05, 0.1) is 16.8 Å². The molecule has 120 valence electrons. The first-order valence-electron chi connectivity index (χ1n) is 6.98. The summed E-state index contributed by atoms with van der Waals surface area (Å²) in [5.74, 6) is -2.15. The Bertz CT molecular complexity index is 972. The van der Waals surface area contributed by atoms with Crippen LogP contribution in [0.25, 0.3) is 10.8 Å². The van der Waals surface area contributed by atoms with Gasteiger partial charge in [-0.25, -0.2) is 9.18 Å². The second-order valence-electron chi connectivity index (χ2n) is 5.13. The fraction of sp³-hybridized carbons (Fsp3) is 0. The molecule has 4 nitrogen and oxygen atoms in total. The first-order valence-corrected chi connectivity index (χ1v) is 7.77. The van der Waals surface area contributed by atoms with Crippen LogP contribution >= 0.6 is 15.9 Å². The molecule has 3 aromatic rings. The van der Waals surface area contributed by atoms with Crippen LogP contribution in [0, 0.1) is 5.82 Å². The quantitative estimate of drug-likeness (QED) is 0.684. The highest BCUT2D eigenvalue weighted by atomic mass is 79.9. The van der Waals surface area contributed by atoms with E-state index in [1.54, 1.807) is 12.1 Å². The highest BCUT2D eigenvalue weighted by Crippen LogP contribution is 2.26. The summed E-state index contributed by atoms with van der Waals surface area (Å²) in [6.07, 6.45) is 0. The standard InChI is InChI=1S/C18H11BrFNO3/c19-15-9-12(20)5-6-13(15)17(22)21-16-8-11-4-2-1-3-10(11)7-14(16)18(23)24/h1-9H,(H,21,22)(H,23,24). The average Bonchev–Trinajstić information content (AvgIpc) is 2.53. The van der Waals surface area contributed by atoms with Crippen molar-refractivity contribution >= 4 is 44.3 Å². The van der Waals surface area contributed by atoms with E-state index in [0.29, 0.717) is 0 Å². The largest absolute Gasteiger partial charge is 0.478 e. The molecule has 6 heteroatoms. The Hall–Kier alpha value is -2.73. The van der Waals surface area contributed by atoms with Crippen molar-refractivity contribution in [1.29, 1.82) is 0 Å². The molecule has 0 saturated carbocycles. The number of carboxylic acid groups (broad SMARTS) is 1. The Balaban J connectivity index is 2.03. The Kier molecular flexibility index (Phi) is 4.31.